The predicted octanol–water partition coefficient (Wildman–Crippen LogP) is 7.22. The van der Waals surface area contributed by atoms with E-state index in [1.54, 1.807) is 84.9 Å². The molecule has 15 heteroatoms. The summed E-state index contributed by atoms with van der Waals surface area (Å²) in [6.45, 7) is 0. The molecular weight excluding hydrogens is 678 g/mol. The Morgan fingerprint density at radius 3 is 1.26 bits per heavy atom. The van der Waals surface area contributed by atoms with Gasteiger partial charge in [-0.15, -0.1) is 0 Å². The zero-order valence-corrected chi connectivity index (χ0v) is 28.1. The van der Waals surface area contributed by atoms with E-state index in [9.17, 15) is 30.3 Å². The van der Waals surface area contributed by atoms with Gasteiger partial charge in [0.2, 0.25) is 0 Å². The van der Waals surface area contributed by atoms with Gasteiger partial charge in [0.05, 0.1) is 14.8 Å². The van der Waals surface area contributed by atoms with Gasteiger partial charge in [-0.2, -0.15) is 0 Å². The smallest absolute Gasteiger partial charge is 0.318 e. The predicted molar refractivity (Wildman–Crippen MR) is 198 cm³/mol. The van der Waals surface area contributed by atoms with E-state index in [2.05, 4.69) is 30.9 Å². The van der Waals surface area contributed by atoms with Crippen LogP contribution in [0.25, 0.3) is 0 Å². The number of pyridine rings is 3. The van der Waals surface area contributed by atoms with Gasteiger partial charge >= 0.3 is 18.5 Å². The fourth-order valence-electron chi connectivity index (χ4n) is 5.72. The summed E-state index contributed by atoms with van der Waals surface area (Å²) in [7, 11) is 0. The monoisotopic (exact) mass is 711 g/mol. The Morgan fingerprint density at radius 2 is 0.868 bits per heavy atom. The van der Waals surface area contributed by atoms with Crippen LogP contribution in [-0.4, -0.2) is 29.7 Å². The van der Waals surface area contributed by atoms with Crippen LogP contribution >= 0.6 is 0 Å². The van der Waals surface area contributed by atoms with Crippen LogP contribution in [-0.2, 0) is 12.8 Å². The highest BCUT2D eigenvalue weighted by molar-refractivity contribution is 5.57. The summed E-state index contributed by atoms with van der Waals surface area (Å²) in [5.74, 6) is 0. The summed E-state index contributed by atoms with van der Waals surface area (Å²) in [6, 6.07) is 35.0. The van der Waals surface area contributed by atoms with Crippen LogP contribution in [0.5, 0.6) is 0 Å². The number of hydrogen-bond donors (Lipinski definition) is 3. The van der Waals surface area contributed by atoms with Crippen molar-refractivity contribution in [3.63, 3.8) is 0 Å². The van der Waals surface area contributed by atoms with E-state index in [0.29, 0.717) is 35.6 Å². The highest BCUT2D eigenvalue weighted by Gasteiger charge is 2.26. The lowest BCUT2D eigenvalue weighted by molar-refractivity contribution is -0.522. The minimum atomic E-state index is -1.30. The molecule has 0 spiro atoms. The van der Waals surface area contributed by atoms with Gasteiger partial charge in [0.15, 0.2) is 0 Å². The van der Waals surface area contributed by atoms with Gasteiger partial charge in [0, 0.05) is 35.7 Å². The molecule has 6 aromatic rings. The van der Waals surface area contributed by atoms with Crippen molar-refractivity contribution in [2.24, 2.45) is 0 Å². The molecule has 0 saturated heterocycles. The van der Waals surface area contributed by atoms with E-state index in [0.717, 1.165) is 22.3 Å². The normalized spacial score (nSPS) is 12.5. The highest BCUT2D eigenvalue weighted by Crippen LogP contribution is 2.28. The molecule has 0 saturated carbocycles. The molecular formula is C38H33N9O6. The van der Waals surface area contributed by atoms with E-state index in [4.69, 9.17) is 0 Å². The lowest BCUT2D eigenvalue weighted by Crippen LogP contribution is -2.21. The molecule has 3 N–H and O–H groups in total. The molecule has 0 radical (unpaired) electrons. The van der Waals surface area contributed by atoms with Crippen molar-refractivity contribution in [3.8, 4) is 0 Å². The molecule has 0 fully saturated rings. The molecule has 3 heterocycles. The Bertz CT molecular complexity index is 2160. The third-order valence-corrected chi connectivity index (χ3v) is 8.32. The van der Waals surface area contributed by atoms with Crippen LogP contribution in [0.4, 0.5) is 17.1 Å². The summed E-state index contributed by atoms with van der Waals surface area (Å²) in [4.78, 5) is 46.8. The van der Waals surface area contributed by atoms with Crippen LogP contribution in [0, 0.1) is 30.3 Å². The zero-order valence-electron chi connectivity index (χ0n) is 28.1. The van der Waals surface area contributed by atoms with E-state index in [1.165, 1.54) is 18.6 Å². The topological polar surface area (TPSA) is 204 Å². The lowest BCUT2D eigenvalue weighted by atomic mass is 9.97. The van der Waals surface area contributed by atoms with E-state index in [-0.39, 0.29) is 11.4 Å². The summed E-state index contributed by atoms with van der Waals surface area (Å²) < 4.78 is 0. The minimum absolute atomic E-state index is 0.257. The van der Waals surface area contributed by atoms with E-state index < -0.39 is 33.3 Å². The molecule has 53 heavy (non-hydrogen) atoms. The van der Waals surface area contributed by atoms with Crippen molar-refractivity contribution in [1.82, 2.24) is 15.0 Å². The minimum Gasteiger partial charge on any atom is -0.318 e. The van der Waals surface area contributed by atoms with Gasteiger partial charge in [-0.3, -0.25) is 45.3 Å². The van der Waals surface area contributed by atoms with Gasteiger partial charge in [-0.25, -0.2) is 0 Å². The van der Waals surface area contributed by atoms with E-state index >= 15 is 0 Å². The molecule has 266 valence electrons. The number of aromatic nitrogens is 3. The van der Waals surface area contributed by atoms with Crippen molar-refractivity contribution in [3.05, 3.63) is 210 Å². The van der Waals surface area contributed by atoms with Crippen LogP contribution in [0.15, 0.2) is 140 Å². The second kappa shape index (κ2) is 16.6. The Morgan fingerprint density at radius 1 is 0.472 bits per heavy atom. The molecule has 0 aliphatic heterocycles. The molecule has 3 atom stereocenters. The van der Waals surface area contributed by atoms with Gasteiger partial charge in [0.1, 0.15) is 17.1 Å². The summed E-state index contributed by atoms with van der Waals surface area (Å²) in [5, 5.41) is 44.6. The molecule has 0 amide bonds. The Balaban J connectivity index is 1.23. The largest absolute Gasteiger partial charge is 0.327 e. The van der Waals surface area contributed by atoms with Crippen LogP contribution in [0.2, 0.25) is 0 Å². The zero-order chi connectivity index (χ0) is 37.2. The first kappa shape index (κ1) is 35.5. The standard InChI is InChI=1S/C38H33N9O6/c48-45(49)36(33-7-1-4-20-39-33)42-30-15-10-26(11-16-30)23-28-14-19-32(44-38(47(52)53)35-9-3-6-22-41-35)29(25-28)24-27-12-17-31(18-13-27)43-37(46(50)51)34-8-2-5-21-40-34/h1-22,25,36-38,42-44H,23-24H2. The van der Waals surface area contributed by atoms with Crippen molar-refractivity contribution in [1.29, 1.82) is 0 Å². The molecule has 3 unspecified atom stereocenters. The maximum atomic E-state index is 12.2. The number of hydrogen-bond acceptors (Lipinski definition) is 12. The number of nitro groups is 3. The average Bonchev–Trinajstić information content (AvgIpc) is 3.17. The second-order valence-corrected chi connectivity index (χ2v) is 12.0. The van der Waals surface area contributed by atoms with Crippen molar-refractivity contribution >= 4 is 17.1 Å². The van der Waals surface area contributed by atoms with E-state index in [1.807, 2.05) is 36.4 Å². The summed E-state index contributed by atoms with van der Waals surface area (Å²) in [6.07, 6.45) is 1.67. The third kappa shape index (κ3) is 9.29. The van der Waals surface area contributed by atoms with Crippen LogP contribution < -0.4 is 16.0 Å². The lowest BCUT2D eigenvalue weighted by Gasteiger charge is -2.17. The maximum Gasteiger partial charge on any atom is 0.327 e. The van der Waals surface area contributed by atoms with Gasteiger partial charge in [-0.1, -0.05) is 54.6 Å². The number of nitrogens with zero attached hydrogens (tertiary/aromatic N) is 6. The van der Waals surface area contributed by atoms with Crippen molar-refractivity contribution in [2.75, 3.05) is 16.0 Å². The summed E-state index contributed by atoms with van der Waals surface area (Å²) in [5.41, 5.74) is 5.98. The molecule has 6 rings (SSSR count). The van der Waals surface area contributed by atoms with Crippen molar-refractivity contribution in [2.45, 2.75) is 31.3 Å². The first-order valence-corrected chi connectivity index (χ1v) is 16.5. The third-order valence-electron chi connectivity index (χ3n) is 8.32. The fraction of sp³-hybridized carbons (Fsp3) is 0.132. The molecule has 3 aromatic carbocycles. The SMILES string of the molecule is O=[N+]([O-])C(Nc1ccc(Cc2ccc(NC(c3ccccn3)[N+](=O)[O-])c(Cc3ccc(NC(c4ccccn4)[N+](=O)[O-])cc3)c2)cc1)c1ccccn1. The molecule has 0 aliphatic rings. The highest BCUT2D eigenvalue weighted by atomic mass is 16.6. The fourth-order valence-corrected chi connectivity index (χ4v) is 5.72. The van der Waals surface area contributed by atoms with Gasteiger partial charge in [0.25, 0.3) is 0 Å². The second-order valence-electron chi connectivity index (χ2n) is 12.0. The molecule has 0 aliphatic carbocycles. The van der Waals surface area contributed by atoms with Crippen LogP contribution in [0.1, 0.15) is 57.8 Å². The van der Waals surface area contributed by atoms with Crippen molar-refractivity contribution < 1.29 is 14.8 Å². The first-order chi connectivity index (χ1) is 25.7. The maximum absolute atomic E-state index is 12.2. The average molecular weight is 712 g/mol. The van der Waals surface area contributed by atoms with Gasteiger partial charge in [-0.05, 0) is 102 Å². The number of nitrogens with one attached hydrogen (secondary N) is 3. The number of benzene rings is 3. The Kier molecular flexibility index (Phi) is 11.1. The Labute approximate surface area is 303 Å². The van der Waals surface area contributed by atoms with Gasteiger partial charge < -0.3 is 16.0 Å². The number of anilines is 3. The Hall–Kier alpha value is -7.29. The number of rotatable bonds is 16. The quantitative estimate of drug-likeness (QED) is 0.0517. The molecule has 3 aromatic heterocycles. The van der Waals surface area contributed by atoms with Crippen LogP contribution in [0.3, 0.4) is 0 Å². The summed E-state index contributed by atoms with van der Waals surface area (Å²) >= 11 is 0. The molecule has 0 bridgehead atoms. The first-order valence-electron chi connectivity index (χ1n) is 16.5. The molecule has 15 nitrogen and oxygen atoms in total.